The molecule has 0 spiro atoms. The minimum absolute atomic E-state index is 1.00. The average Bonchev–Trinajstić information content (AvgIpc) is 3.25. The first-order chi connectivity index (χ1) is 28.2. The zero-order valence-electron chi connectivity index (χ0n) is 37.6. The van der Waals surface area contributed by atoms with Crippen LogP contribution in [-0.4, -0.2) is 13.1 Å². The van der Waals surface area contributed by atoms with Crippen LogP contribution >= 0.6 is 0 Å². The maximum absolute atomic E-state index is 2.69. The van der Waals surface area contributed by atoms with E-state index in [9.17, 15) is 0 Å². The van der Waals surface area contributed by atoms with Crippen molar-refractivity contribution < 1.29 is 4.57 Å². The molecule has 0 saturated heterocycles. The van der Waals surface area contributed by atoms with Gasteiger partial charge in [-0.1, -0.05) is 241 Å². The molecule has 0 amide bonds. The zero-order chi connectivity index (χ0) is 40.3. The Kier molecular flexibility index (Phi) is 28.6. The molecule has 0 bridgehead atoms. The van der Waals surface area contributed by atoms with Gasteiger partial charge in [-0.05, 0) is 54.2 Å². The highest BCUT2D eigenvalue weighted by Crippen LogP contribution is 2.21. The summed E-state index contributed by atoms with van der Waals surface area (Å²) in [6, 6.07) is 22.6. The summed E-state index contributed by atoms with van der Waals surface area (Å²) in [5, 5.41) is 0. The number of rotatable bonds is 36. The summed E-state index contributed by atoms with van der Waals surface area (Å²) in [5.74, 6) is 0. The molecule has 2 aromatic carbocycles. The van der Waals surface area contributed by atoms with Crippen LogP contribution in [0, 0.1) is 0 Å². The molecule has 316 valence electrons. The highest BCUT2D eigenvalue weighted by Gasteiger charge is 2.07. The molecule has 0 radical (unpaired) electrons. The van der Waals surface area contributed by atoms with E-state index in [0.29, 0.717) is 0 Å². The van der Waals surface area contributed by atoms with Gasteiger partial charge in [0, 0.05) is 30.9 Å². The number of pyridine rings is 1. The Morgan fingerprint density at radius 2 is 0.596 bits per heavy atom. The van der Waals surface area contributed by atoms with Crippen molar-refractivity contribution in [3.8, 4) is 0 Å². The van der Waals surface area contributed by atoms with Crippen LogP contribution in [-0.2, 0) is 6.54 Å². The molecule has 0 unspecified atom stereocenters. The minimum Gasteiger partial charge on any atom is -0.372 e. The molecule has 0 atom stereocenters. The summed E-state index contributed by atoms with van der Waals surface area (Å²) < 4.78 is 2.19. The van der Waals surface area contributed by atoms with E-state index >= 15 is 0 Å². The number of hydrogen-bond acceptors (Lipinski definition) is 1. The number of aryl methyl sites for hydroxylation is 1. The van der Waals surface area contributed by atoms with Gasteiger partial charge >= 0.3 is 0 Å². The van der Waals surface area contributed by atoms with Gasteiger partial charge in [0.2, 0.25) is 0 Å². The fourth-order valence-corrected chi connectivity index (χ4v) is 8.05. The molecule has 1 aromatic heterocycles. The smallest absolute Gasteiger partial charge is 0.169 e. The third kappa shape index (κ3) is 24.4. The largest absolute Gasteiger partial charge is 0.372 e. The molecule has 0 aliphatic carbocycles. The van der Waals surface area contributed by atoms with Crippen molar-refractivity contribution in [2.75, 3.05) is 18.0 Å². The lowest BCUT2D eigenvalue weighted by atomic mass is 10.0. The molecule has 3 aromatic rings. The Hall–Kier alpha value is -3.13. The van der Waals surface area contributed by atoms with Gasteiger partial charge in [0.15, 0.2) is 12.4 Å². The standard InChI is InChI=1S/C55H87N2/c1-4-7-9-11-13-15-17-19-21-23-25-27-29-31-47-57(48-32-30-28-26-24-22-20-18-16-14-12-10-8-5-2)55-43-41-53(42-44-55)38-37-51-33-35-52(36-34-51)39-40-54-45-49-56(6-3)50-46-54/h33-46,49-50H,4-32,47-48H2,1-3H3/q+1. The van der Waals surface area contributed by atoms with E-state index in [-0.39, 0.29) is 0 Å². The second-order valence-corrected chi connectivity index (χ2v) is 17.1. The summed E-state index contributed by atoms with van der Waals surface area (Å²) in [5.41, 5.74) is 6.35. The Balaban J connectivity index is 1.39. The third-order valence-corrected chi connectivity index (χ3v) is 12.0. The topological polar surface area (TPSA) is 7.12 Å². The fourth-order valence-electron chi connectivity index (χ4n) is 8.05. The highest BCUT2D eigenvalue weighted by atomic mass is 15.1. The molecule has 0 N–H and O–H groups in total. The van der Waals surface area contributed by atoms with Crippen LogP contribution in [0.25, 0.3) is 24.3 Å². The number of hydrogen-bond donors (Lipinski definition) is 0. The van der Waals surface area contributed by atoms with E-state index in [4.69, 9.17) is 0 Å². The van der Waals surface area contributed by atoms with Crippen molar-refractivity contribution in [1.29, 1.82) is 0 Å². The molecule has 0 saturated carbocycles. The third-order valence-electron chi connectivity index (χ3n) is 12.0. The van der Waals surface area contributed by atoms with Gasteiger partial charge in [-0.3, -0.25) is 0 Å². The Labute approximate surface area is 353 Å². The quantitative estimate of drug-likeness (QED) is 0.0324. The van der Waals surface area contributed by atoms with Crippen molar-refractivity contribution in [2.45, 2.75) is 207 Å². The second kappa shape index (κ2) is 33.8. The van der Waals surface area contributed by atoms with Crippen molar-refractivity contribution >= 4 is 30.0 Å². The van der Waals surface area contributed by atoms with Gasteiger partial charge in [0.1, 0.15) is 6.54 Å². The summed E-state index contributed by atoms with van der Waals surface area (Å²) in [6.45, 7) is 10.2. The molecule has 2 heteroatoms. The Morgan fingerprint density at radius 1 is 0.333 bits per heavy atom. The molecule has 0 fully saturated rings. The molecule has 3 rings (SSSR count). The van der Waals surface area contributed by atoms with Crippen LogP contribution in [0.15, 0.2) is 73.1 Å². The van der Waals surface area contributed by atoms with E-state index < -0.39 is 0 Å². The maximum Gasteiger partial charge on any atom is 0.169 e. The predicted octanol–water partition coefficient (Wildman–Crippen LogP) is 17.1. The van der Waals surface area contributed by atoms with Crippen LogP contribution in [0.2, 0.25) is 0 Å². The molecule has 0 aliphatic rings. The van der Waals surface area contributed by atoms with Gasteiger partial charge in [-0.25, -0.2) is 4.57 Å². The SMILES string of the molecule is CCCCCCCCCCCCCCCCN(CCCCCCCCCCCCCCCC)c1ccc(/C=C/c2ccc(/C=C/c3cc[n+](CC)cc3)cc2)cc1. The fraction of sp³-hybridized carbons (Fsp3) is 0.618. The summed E-state index contributed by atoms with van der Waals surface area (Å²) in [6.07, 6.45) is 52.9. The van der Waals surface area contributed by atoms with Gasteiger partial charge in [0.25, 0.3) is 0 Å². The van der Waals surface area contributed by atoms with Gasteiger partial charge in [0.05, 0.1) is 0 Å². The zero-order valence-corrected chi connectivity index (χ0v) is 37.6. The number of benzene rings is 2. The first-order valence-electron chi connectivity index (χ1n) is 24.5. The van der Waals surface area contributed by atoms with E-state index in [2.05, 4.69) is 128 Å². The van der Waals surface area contributed by atoms with Gasteiger partial charge in [-0.2, -0.15) is 0 Å². The summed E-state index contributed by atoms with van der Waals surface area (Å²) >= 11 is 0. The lowest BCUT2D eigenvalue weighted by Crippen LogP contribution is -2.30. The molecular weight excluding hydrogens is 689 g/mol. The maximum atomic E-state index is 2.69. The lowest BCUT2D eigenvalue weighted by Gasteiger charge is -2.25. The molecular formula is C55H87N2+. The Morgan fingerprint density at radius 3 is 0.895 bits per heavy atom. The van der Waals surface area contributed by atoms with E-state index in [1.165, 1.54) is 221 Å². The van der Waals surface area contributed by atoms with Crippen LogP contribution in [0.1, 0.15) is 223 Å². The number of aromatic nitrogens is 1. The van der Waals surface area contributed by atoms with E-state index in [0.717, 1.165) is 6.54 Å². The van der Waals surface area contributed by atoms with Crippen molar-refractivity contribution in [3.63, 3.8) is 0 Å². The van der Waals surface area contributed by atoms with Crippen LogP contribution in [0.4, 0.5) is 5.69 Å². The normalized spacial score (nSPS) is 11.7. The lowest BCUT2D eigenvalue weighted by molar-refractivity contribution is -0.693. The molecule has 2 nitrogen and oxygen atoms in total. The Bertz CT molecular complexity index is 1350. The van der Waals surface area contributed by atoms with Gasteiger partial charge in [-0.15, -0.1) is 0 Å². The molecule has 57 heavy (non-hydrogen) atoms. The summed E-state index contributed by atoms with van der Waals surface area (Å²) in [4.78, 5) is 2.69. The highest BCUT2D eigenvalue weighted by molar-refractivity contribution is 5.73. The van der Waals surface area contributed by atoms with Crippen LogP contribution < -0.4 is 9.47 Å². The van der Waals surface area contributed by atoms with Crippen LogP contribution in [0.3, 0.4) is 0 Å². The average molecular weight is 776 g/mol. The first-order valence-corrected chi connectivity index (χ1v) is 24.5. The van der Waals surface area contributed by atoms with Crippen molar-refractivity contribution in [3.05, 3.63) is 95.3 Å². The summed E-state index contributed by atoms with van der Waals surface area (Å²) in [7, 11) is 0. The number of unbranched alkanes of at least 4 members (excludes halogenated alkanes) is 26. The number of nitrogens with zero attached hydrogens (tertiary/aromatic N) is 2. The van der Waals surface area contributed by atoms with Crippen molar-refractivity contribution in [1.82, 2.24) is 0 Å². The van der Waals surface area contributed by atoms with Crippen LogP contribution in [0.5, 0.6) is 0 Å². The second-order valence-electron chi connectivity index (χ2n) is 17.1. The molecule has 0 aliphatic heterocycles. The van der Waals surface area contributed by atoms with E-state index in [1.54, 1.807) is 0 Å². The number of anilines is 1. The van der Waals surface area contributed by atoms with Crippen molar-refractivity contribution in [2.24, 2.45) is 0 Å². The minimum atomic E-state index is 1.00. The van der Waals surface area contributed by atoms with Gasteiger partial charge < -0.3 is 4.90 Å². The molecule has 1 heterocycles. The van der Waals surface area contributed by atoms with E-state index in [1.807, 2.05) is 0 Å². The predicted molar refractivity (Wildman–Crippen MR) is 256 cm³/mol. The monoisotopic (exact) mass is 776 g/mol. The first kappa shape index (κ1) is 48.2.